The van der Waals surface area contributed by atoms with Crippen molar-refractivity contribution in [3.05, 3.63) is 53.1 Å². The molecule has 192 valence electrons. The van der Waals surface area contributed by atoms with Gasteiger partial charge in [0, 0.05) is 18.2 Å². The van der Waals surface area contributed by atoms with E-state index in [0.29, 0.717) is 39.8 Å². The van der Waals surface area contributed by atoms with Crippen molar-refractivity contribution in [1.82, 2.24) is 24.5 Å². The first kappa shape index (κ1) is 25.9. The fourth-order valence-electron chi connectivity index (χ4n) is 4.11. The molecule has 0 saturated carbocycles. The van der Waals surface area contributed by atoms with Crippen LogP contribution in [0.25, 0.3) is 5.52 Å². The molecule has 3 aromatic rings. The van der Waals surface area contributed by atoms with Crippen molar-refractivity contribution in [2.45, 2.75) is 38.6 Å². The number of likely N-dealkylation sites (tertiary alicyclic amines) is 1. The second kappa shape index (κ2) is 12.2. The Morgan fingerprint density at radius 1 is 1.25 bits per heavy atom. The number of piperidine rings is 1. The standard InChI is InChI=1S/C16H15ClFN7O.C8H15NO/c1-9(19)15(24-20)10-4-13(16-12(17)7-23-25(16)8-10)26-3-2-14-21-5-11(18)6-22-14;1-2-4-9(5-3-1)8-6-10-7-8/h4-8,19H,2-3,20H2,1H3;8H,1-7H2/b19-9?,24-15+;. The first-order chi connectivity index (χ1) is 17.5. The Bertz CT molecular complexity index is 1210. The number of ether oxygens (including phenoxy) is 2. The molecule has 0 radical (unpaired) electrons. The number of hydrogen-bond donors (Lipinski definition) is 2. The van der Waals surface area contributed by atoms with E-state index in [4.69, 9.17) is 32.3 Å². The summed E-state index contributed by atoms with van der Waals surface area (Å²) in [7, 11) is 0. The third-order valence-corrected chi connectivity index (χ3v) is 6.35. The van der Waals surface area contributed by atoms with Gasteiger partial charge in [0.15, 0.2) is 5.82 Å². The minimum absolute atomic E-state index is 0.204. The number of aromatic nitrogens is 4. The van der Waals surface area contributed by atoms with Crippen molar-refractivity contribution in [3.8, 4) is 5.75 Å². The monoisotopic (exact) mass is 516 g/mol. The van der Waals surface area contributed by atoms with Crippen LogP contribution in [0.15, 0.2) is 36.0 Å². The van der Waals surface area contributed by atoms with E-state index in [1.807, 2.05) is 0 Å². The van der Waals surface area contributed by atoms with E-state index < -0.39 is 5.82 Å². The van der Waals surface area contributed by atoms with Gasteiger partial charge in [-0.1, -0.05) is 18.0 Å². The molecule has 0 unspecified atom stereocenters. The molecule has 5 rings (SSSR count). The first-order valence-electron chi connectivity index (χ1n) is 11.9. The van der Waals surface area contributed by atoms with Crippen LogP contribution in [0.1, 0.15) is 37.6 Å². The number of hydrazone groups is 1. The van der Waals surface area contributed by atoms with Crippen molar-refractivity contribution in [2.75, 3.05) is 32.9 Å². The maximum absolute atomic E-state index is 12.9. The van der Waals surface area contributed by atoms with Crippen LogP contribution in [0, 0.1) is 11.2 Å². The van der Waals surface area contributed by atoms with E-state index in [9.17, 15) is 4.39 Å². The summed E-state index contributed by atoms with van der Waals surface area (Å²) in [6, 6.07) is 2.47. The van der Waals surface area contributed by atoms with Gasteiger partial charge in [-0.15, -0.1) is 0 Å². The fraction of sp³-hybridized carbons (Fsp3) is 0.458. The van der Waals surface area contributed by atoms with Gasteiger partial charge in [0.2, 0.25) is 0 Å². The quantitative estimate of drug-likeness (QED) is 0.280. The number of nitrogens with one attached hydrogen (secondary N) is 1. The van der Waals surface area contributed by atoms with Gasteiger partial charge in [0.05, 0.1) is 55.2 Å². The van der Waals surface area contributed by atoms with Gasteiger partial charge in [-0.2, -0.15) is 10.2 Å². The average Bonchev–Trinajstić information content (AvgIpc) is 3.21. The third kappa shape index (κ3) is 6.34. The second-order valence-corrected chi connectivity index (χ2v) is 9.09. The lowest BCUT2D eigenvalue weighted by atomic mass is 10.1. The Balaban J connectivity index is 0.000000251. The summed E-state index contributed by atoms with van der Waals surface area (Å²) < 4.78 is 25.4. The zero-order chi connectivity index (χ0) is 25.5. The van der Waals surface area contributed by atoms with E-state index in [0.717, 1.165) is 31.6 Å². The maximum atomic E-state index is 12.9. The predicted octanol–water partition coefficient (Wildman–Crippen LogP) is 3.11. The number of nitrogens with two attached hydrogens (primary N) is 1. The predicted molar refractivity (Wildman–Crippen MR) is 136 cm³/mol. The van der Waals surface area contributed by atoms with Crippen LogP contribution in [0.3, 0.4) is 0 Å². The van der Waals surface area contributed by atoms with Crippen LogP contribution in [0.4, 0.5) is 4.39 Å². The molecule has 3 aromatic heterocycles. The Morgan fingerprint density at radius 2 is 1.97 bits per heavy atom. The minimum Gasteiger partial charge on any atom is -0.491 e. The summed E-state index contributed by atoms with van der Waals surface area (Å²) in [6.07, 6.45) is 9.98. The highest BCUT2D eigenvalue weighted by molar-refractivity contribution is 6.46. The van der Waals surface area contributed by atoms with Crippen LogP contribution in [-0.4, -0.2) is 74.9 Å². The van der Waals surface area contributed by atoms with E-state index in [2.05, 4.69) is 25.1 Å². The Morgan fingerprint density at radius 3 is 2.58 bits per heavy atom. The molecule has 0 amide bonds. The number of rotatable bonds is 7. The molecule has 0 bridgehead atoms. The van der Waals surface area contributed by atoms with Crippen molar-refractivity contribution < 1.29 is 13.9 Å². The summed E-state index contributed by atoms with van der Waals surface area (Å²) in [5, 5.41) is 16.0. The molecule has 2 saturated heterocycles. The summed E-state index contributed by atoms with van der Waals surface area (Å²) in [6.45, 7) is 6.42. The maximum Gasteiger partial charge on any atom is 0.159 e. The smallest absolute Gasteiger partial charge is 0.159 e. The fourth-order valence-corrected chi connectivity index (χ4v) is 4.34. The normalized spacial score (nSPS) is 16.8. The van der Waals surface area contributed by atoms with Gasteiger partial charge in [-0.25, -0.2) is 18.9 Å². The largest absolute Gasteiger partial charge is 0.491 e. The van der Waals surface area contributed by atoms with Crippen molar-refractivity contribution in [3.63, 3.8) is 0 Å². The molecule has 0 aliphatic carbocycles. The SMILES string of the molecule is C1CCN(C2COC2)CC1.CC(=N)/C(=N\N)c1cc(OCCc2ncc(F)cn2)c2c(Cl)cnn2c1. The molecule has 10 nitrogen and oxygen atoms in total. The lowest BCUT2D eigenvalue weighted by Gasteiger charge is -2.39. The van der Waals surface area contributed by atoms with Crippen molar-refractivity contribution >= 4 is 28.5 Å². The Kier molecular flexibility index (Phi) is 8.79. The molecule has 0 aromatic carbocycles. The molecule has 36 heavy (non-hydrogen) atoms. The molecular weight excluding hydrogens is 487 g/mol. The number of halogens is 2. The van der Waals surface area contributed by atoms with Crippen LogP contribution >= 0.6 is 11.6 Å². The van der Waals surface area contributed by atoms with Crippen LogP contribution in [0.2, 0.25) is 5.02 Å². The van der Waals surface area contributed by atoms with E-state index in [1.165, 1.54) is 43.1 Å². The molecule has 0 spiro atoms. The highest BCUT2D eigenvalue weighted by Crippen LogP contribution is 2.29. The number of pyridine rings is 1. The van der Waals surface area contributed by atoms with E-state index >= 15 is 0 Å². The molecule has 12 heteroatoms. The minimum atomic E-state index is -0.495. The van der Waals surface area contributed by atoms with Gasteiger partial charge < -0.3 is 20.7 Å². The van der Waals surface area contributed by atoms with E-state index in [1.54, 1.807) is 19.2 Å². The molecular formula is C24H30ClFN8O2. The molecule has 3 N–H and O–H groups in total. The van der Waals surface area contributed by atoms with Gasteiger partial charge >= 0.3 is 0 Å². The highest BCUT2D eigenvalue weighted by atomic mass is 35.5. The Hall–Kier alpha value is -3.15. The lowest BCUT2D eigenvalue weighted by Crippen LogP contribution is -2.50. The molecule has 0 atom stereocenters. The zero-order valence-corrected chi connectivity index (χ0v) is 20.9. The van der Waals surface area contributed by atoms with Gasteiger partial charge in [0.25, 0.3) is 0 Å². The highest BCUT2D eigenvalue weighted by Gasteiger charge is 2.26. The summed E-state index contributed by atoms with van der Waals surface area (Å²) >= 11 is 6.19. The van der Waals surface area contributed by atoms with Crippen molar-refractivity contribution in [1.29, 1.82) is 5.41 Å². The van der Waals surface area contributed by atoms with Crippen LogP contribution in [0.5, 0.6) is 5.75 Å². The summed E-state index contributed by atoms with van der Waals surface area (Å²) in [5.41, 5.74) is 1.66. The van der Waals surface area contributed by atoms with Crippen molar-refractivity contribution in [2.24, 2.45) is 10.9 Å². The molecule has 2 fully saturated rings. The first-order valence-corrected chi connectivity index (χ1v) is 12.3. The average molecular weight is 517 g/mol. The lowest BCUT2D eigenvalue weighted by molar-refractivity contribution is -0.0698. The van der Waals surface area contributed by atoms with E-state index in [-0.39, 0.29) is 12.3 Å². The Labute approximate surface area is 213 Å². The van der Waals surface area contributed by atoms with Gasteiger partial charge in [-0.05, 0) is 38.9 Å². The van der Waals surface area contributed by atoms with Gasteiger partial charge in [0.1, 0.15) is 22.8 Å². The number of hydrogen-bond acceptors (Lipinski definition) is 9. The topological polar surface area (TPSA) is 127 Å². The molecule has 2 aliphatic heterocycles. The number of fused-ring (bicyclic) bond motifs is 1. The second-order valence-electron chi connectivity index (χ2n) is 8.69. The van der Waals surface area contributed by atoms with Crippen LogP contribution < -0.4 is 10.6 Å². The van der Waals surface area contributed by atoms with Crippen LogP contribution in [-0.2, 0) is 11.2 Å². The summed E-state index contributed by atoms with van der Waals surface area (Å²) in [4.78, 5) is 10.4. The van der Waals surface area contributed by atoms with Gasteiger partial charge in [-0.3, -0.25) is 4.90 Å². The number of nitrogens with zero attached hydrogens (tertiary/aromatic N) is 6. The summed E-state index contributed by atoms with van der Waals surface area (Å²) in [5.74, 6) is 5.81. The zero-order valence-electron chi connectivity index (χ0n) is 20.2. The molecule has 2 aliphatic rings. The third-order valence-electron chi connectivity index (χ3n) is 6.07. The molecule has 5 heterocycles.